The topological polar surface area (TPSA) is 61.9 Å². The molecule has 0 unspecified atom stereocenters. The van der Waals surface area contributed by atoms with E-state index in [9.17, 15) is 9.59 Å². The number of carbonyl (C=O) groups excluding carboxylic acids is 2. The van der Waals surface area contributed by atoms with Crippen molar-refractivity contribution in [2.24, 2.45) is 0 Å². The molecule has 6 nitrogen and oxygen atoms in total. The Kier molecular flexibility index (Phi) is 7.11. The van der Waals surface area contributed by atoms with Crippen molar-refractivity contribution in [3.05, 3.63) is 71.8 Å². The highest BCUT2D eigenvalue weighted by Gasteiger charge is 2.32. The van der Waals surface area contributed by atoms with E-state index >= 15 is 0 Å². The Morgan fingerprint density at radius 1 is 0.933 bits per heavy atom. The Labute approximate surface area is 178 Å². The first-order valence-electron chi connectivity index (χ1n) is 10.4. The largest absolute Gasteiger partial charge is 0.445 e. The van der Waals surface area contributed by atoms with Gasteiger partial charge in [0.1, 0.15) is 12.6 Å². The Morgan fingerprint density at radius 3 is 2.07 bits per heavy atom. The van der Waals surface area contributed by atoms with Crippen molar-refractivity contribution in [3.8, 4) is 0 Å². The van der Waals surface area contributed by atoms with Crippen LogP contribution in [0, 0.1) is 0 Å². The third kappa shape index (κ3) is 5.83. The molecule has 30 heavy (non-hydrogen) atoms. The predicted octanol–water partition coefficient (Wildman–Crippen LogP) is 3.60. The number of alkyl carbamates (subject to hydrolysis) is 1. The molecule has 0 saturated carbocycles. The van der Waals surface area contributed by atoms with E-state index in [1.807, 2.05) is 65.6 Å². The molecule has 2 aromatic rings. The Balaban J connectivity index is 1.65. The second-order valence-corrected chi connectivity index (χ2v) is 8.53. The van der Waals surface area contributed by atoms with Crippen LogP contribution in [-0.4, -0.2) is 53.5 Å². The van der Waals surface area contributed by atoms with E-state index < -0.39 is 12.1 Å². The number of benzene rings is 2. The van der Waals surface area contributed by atoms with E-state index in [4.69, 9.17) is 4.74 Å². The van der Waals surface area contributed by atoms with E-state index in [-0.39, 0.29) is 18.1 Å². The standard InChI is InChI=1S/C24H31N3O3/c1-24(2,3)27-16-14-26(15-17-27)22(28)21(20-12-8-5-9-13-20)25-23(29)30-18-19-10-6-4-7-11-19/h4-13,21H,14-18H2,1-3H3,(H,25,29)/t21-/m0/s1. The van der Waals surface area contributed by atoms with E-state index in [0.29, 0.717) is 13.1 Å². The zero-order chi connectivity index (χ0) is 21.6. The van der Waals surface area contributed by atoms with Gasteiger partial charge in [0.2, 0.25) is 5.91 Å². The first kappa shape index (κ1) is 21.8. The molecule has 0 bridgehead atoms. The minimum absolute atomic E-state index is 0.0768. The monoisotopic (exact) mass is 409 g/mol. The zero-order valence-electron chi connectivity index (χ0n) is 18.0. The first-order valence-corrected chi connectivity index (χ1v) is 10.4. The van der Waals surface area contributed by atoms with Crippen LogP contribution < -0.4 is 5.32 Å². The fraction of sp³-hybridized carbons (Fsp3) is 0.417. The minimum atomic E-state index is -0.768. The summed E-state index contributed by atoms with van der Waals surface area (Å²) in [6.07, 6.45) is -0.602. The van der Waals surface area contributed by atoms with E-state index in [1.165, 1.54) is 0 Å². The lowest BCUT2D eigenvalue weighted by Crippen LogP contribution is -2.56. The number of hydrogen-bond acceptors (Lipinski definition) is 4. The molecule has 1 aliphatic rings. The number of ether oxygens (including phenoxy) is 1. The number of piperazine rings is 1. The van der Waals surface area contributed by atoms with E-state index in [0.717, 1.165) is 24.2 Å². The van der Waals surface area contributed by atoms with Crippen LogP contribution in [0.4, 0.5) is 4.79 Å². The van der Waals surface area contributed by atoms with Crippen molar-refractivity contribution < 1.29 is 14.3 Å². The molecule has 2 aromatic carbocycles. The van der Waals surface area contributed by atoms with Gasteiger partial charge in [-0.15, -0.1) is 0 Å². The number of nitrogens with zero attached hydrogens (tertiary/aromatic N) is 2. The molecule has 3 rings (SSSR count). The van der Waals surface area contributed by atoms with Crippen molar-refractivity contribution in [1.29, 1.82) is 0 Å². The molecule has 1 heterocycles. The van der Waals surface area contributed by atoms with E-state index in [1.54, 1.807) is 0 Å². The lowest BCUT2D eigenvalue weighted by Gasteiger charge is -2.43. The van der Waals surface area contributed by atoms with Crippen LogP contribution >= 0.6 is 0 Å². The summed E-state index contributed by atoms with van der Waals surface area (Å²) in [5.41, 5.74) is 1.72. The summed E-state index contributed by atoms with van der Waals surface area (Å²) in [6, 6.07) is 18.0. The average molecular weight is 410 g/mol. The SMILES string of the molecule is CC(C)(C)N1CCN(C(=O)[C@@H](NC(=O)OCc2ccccc2)c2ccccc2)CC1. The van der Waals surface area contributed by atoms with Gasteiger partial charge in [-0.05, 0) is 31.9 Å². The highest BCUT2D eigenvalue weighted by Crippen LogP contribution is 2.20. The van der Waals surface area contributed by atoms with Gasteiger partial charge in [0, 0.05) is 31.7 Å². The second-order valence-electron chi connectivity index (χ2n) is 8.53. The van der Waals surface area contributed by atoms with Crippen LogP contribution in [0.1, 0.15) is 37.9 Å². The first-order chi connectivity index (χ1) is 14.3. The van der Waals surface area contributed by atoms with Crippen molar-refractivity contribution in [3.63, 3.8) is 0 Å². The summed E-state index contributed by atoms with van der Waals surface area (Å²) >= 11 is 0. The fourth-order valence-electron chi connectivity index (χ4n) is 3.60. The van der Waals surface area contributed by atoms with Crippen LogP contribution in [0.5, 0.6) is 0 Å². The molecule has 6 heteroatoms. The van der Waals surface area contributed by atoms with Crippen LogP contribution in [0.15, 0.2) is 60.7 Å². The highest BCUT2D eigenvalue weighted by atomic mass is 16.5. The van der Waals surface area contributed by atoms with Gasteiger partial charge in [-0.25, -0.2) is 4.79 Å². The lowest BCUT2D eigenvalue weighted by molar-refractivity contribution is -0.136. The summed E-state index contributed by atoms with van der Waals surface area (Å²) in [5, 5.41) is 2.78. The maximum atomic E-state index is 13.3. The molecule has 0 aromatic heterocycles. The summed E-state index contributed by atoms with van der Waals surface area (Å²) in [6.45, 7) is 9.61. The molecule has 1 aliphatic heterocycles. The third-order valence-electron chi connectivity index (χ3n) is 5.39. The van der Waals surface area contributed by atoms with Crippen LogP contribution in [-0.2, 0) is 16.1 Å². The summed E-state index contributed by atoms with van der Waals surface area (Å²) in [4.78, 5) is 30.0. The fourth-order valence-corrected chi connectivity index (χ4v) is 3.60. The van der Waals surface area contributed by atoms with Gasteiger partial charge in [0.15, 0.2) is 0 Å². The quantitative estimate of drug-likeness (QED) is 0.820. The minimum Gasteiger partial charge on any atom is -0.445 e. The Bertz CT molecular complexity index is 826. The summed E-state index contributed by atoms with van der Waals surface area (Å²) < 4.78 is 5.35. The Hall–Kier alpha value is -2.86. The van der Waals surface area contributed by atoms with Crippen molar-refractivity contribution in [2.45, 2.75) is 39.0 Å². The molecule has 160 valence electrons. The van der Waals surface area contributed by atoms with Gasteiger partial charge in [0.05, 0.1) is 0 Å². The third-order valence-corrected chi connectivity index (χ3v) is 5.39. The molecule has 2 amide bonds. The Morgan fingerprint density at radius 2 is 1.50 bits per heavy atom. The van der Waals surface area contributed by atoms with Crippen molar-refractivity contribution in [2.75, 3.05) is 26.2 Å². The van der Waals surface area contributed by atoms with Gasteiger partial charge < -0.3 is 15.0 Å². The smallest absolute Gasteiger partial charge is 0.408 e. The molecule has 0 aliphatic carbocycles. The number of amides is 2. The van der Waals surface area contributed by atoms with Crippen molar-refractivity contribution >= 4 is 12.0 Å². The van der Waals surface area contributed by atoms with Gasteiger partial charge >= 0.3 is 6.09 Å². The molecular weight excluding hydrogens is 378 g/mol. The summed E-state index contributed by atoms with van der Waals surface area (Å²) in [5.74, 6) is -0.105. The number of hydrogen-bond donors (Lipinski definition) is 1. The predicted molar refractivity (Wildman–Crippen MR) is 117 cm³/mol. The normalized spacial score (nSPS) is 16.0. The molecule has 1 atom stereocenters. The maximum absolute atomic E-state index is 13.3. The van der Waals surface area contributed by atoms with Crippen LogP contribution in [0.25, 0.3) is 0 Å². The number of nitrogens with one attached hydrogen (secondary N) is 1. The van der Waals surface area contributed by atoms with E-state index in [2.05, 4.69) is 31.0 Å². The second kappa shape index (κ2) is 9.76. The lowest BCUT2D eigenvalue weighted by atomic mass is 10.0. The van der Waals surface area contributed by atoms with Gasteiger partial charge in [-0.2, -0.15) is 0 Å². The van der Waals surface area contributed by atoms with Gasteiger partial charge in [-0.3, -0.25) is 9.69 Å². The van der Waals surface area contributed by atoms with Crippen LogP contribution in [0.2, 0.25) is 0 Å². The molecule has 0 radical (unpaired) electrons. The number of rotatable bonds is 5. The molecule has 1 N–H and O–H groups in total. The average Bonchev–Trinajstić information content (AvgIpc) is 2.76. The van der Waals surface area contributed by atoms with Crippen LogP contribution in [0.3, 0.4) is 0 Å². The molecule has 0 spiro atoms. The maximum Gasteiger partial charge on any atom is 0.408 e. The van der Waals surface area contributed by atoms with Gasteiger partial charge in [-0.1, -0.05) is 60.7 Å². The summed E-state index contributed by atoms with van der Waals surface area (Å²) in [7, 11) is 0. The molecule has 1 fully saturated rings. The van der Waals surface area contributed by atoms with Gasteiger partial charge in [0.25, 0.3) is 0 Å². The number of carbonyl (C=O) groups is 2. The molecular formula is C24H31N3O3. The highest BCUT2D eigenvalue weighted by molar-refractivity contribution is 5.87. The van der Waals surface area contributed by atoms with Crippen molar-refractivity contribution in [1.82, 2.24) is 15.1 Å². The molecule has 1 saturated heterocycles. The zero-order valence-corrected chi connectivity index (χ0v) is 18.0.